The molecule has 0 radical (unpaired) electrons. The molecule has 0 saturated carbocycles. The number of hydrogen-bond acceptors (Lipinski definition) is 6. The zero-order valence-electron chi connectivity index (χ0n) is 12.7. The molecule has 1 N–H and O–H groups in total. The van der Waals surface area contributed by atoms with Crippen LogP contribution in [-0.2, 0) is 21.1 Å². The molecule has 1 amide bonds. The molecule has 5 nitrogen and oxygen atoms in total. The molecule has 0 unspecified atom stereocenters. The van der Waals surface area contributed by atoms with Crippen molar-refractivity contribution in [2.45, 2.75) is 11.3 Å². The zero-order valence-corrected chi connectivity index (χ0v) is 15.2. The molecule has 3 aromatic rings. The van der Waals surface area contributed by atoms with Crippen LogP contribution < -0.4 is 5.32 Å². The van der Waals surface area contributed by atoms with Crippen molar-refractivity contribution in [2.75, 3.05) is 11.6 Å². The number of hydrogen-bond donors (Lipinski definition) is 1. The van der Waals surface area contributed by atoms with Crippen LogP contribution in [0.1, 0.15) is 4.88 Å². The highest BCUT2D eigenvalue weighted by atomic mass is 32.2. The van der Waals surface area contributed by atoms with Gasteiger partial charge >= 0.3 is 0 Å². The predicted molar refractivity (Wildman–Crippen MR) is 97.3 cm³/mol. The molecule has 0 aliphatic carbocycles. The summed E-state index contributed by atoms with van der Waals surface area (Å²) in [7, 11) is -3.21. The highest BCUT2D eigenvalue weighted by Crippen LogP contribution is 2.26. The fourth-order valence-corrected chi connectivity index (χ4v) is 4.14. The smallest absolute Gasteiger partial charge is 0.231 e. The molecule has 2 heterocycles. The van der Waals surface area contributed by atoms with E-state index in [1.54, 1.807) is 35.6 Å². The molecule has 2 aromatic heterocycles. The standard InChI is InChI=1S/C16H14N2O3S3/c1-24(20,21)13-6-4-11(5-7-13)14-10-23-16(17-14)18-15(19)9-12-3-2-8-22-12/h2-8,10H,9H2,1H3,(H,17,18,19). The number of thiazole rings is 1. The Balaban J connectivity index is 1.70. The Morgan fingerprint density at radius 2 is 1.92 bits per heavy atom. The van der Waals surface area contributed by atoms with Gasteiger partial charge < -0.3 is 5.32 Å². The lowest BCUT2D eigenvalue weighted by Gasteiger charge is -2.01. The van der Waals surface area contributed by atoms with Crippen LogP contribution in [-0.4, -0.2) is 25.6 Å². The van der Waals surface area contributed by atoms with Gasteiger partial charge in [-0.05, 0) is 23.6 Å². The van der Waals surface area contributed by atoms with Crippen LogP contribution in [0.3, 0.4) is 0 Å². The van der Waals surface area contributed by atoms with Crippen LogP contribution in [0, 0.1) is 0 Å². The molecule has 3 rings (SSSR count). The van der Waals surface area contributed by atoms with Gasteiger partial charge in [-0.2, -0.15) is 0 Å². The van der Waals surface area contributed by atoms with Crippen molar-refractivity contribution >= 4 is 43.5 Å². The van der Waals surface area contributed by atoms with Gasteiger partial charge in [0.1, 0.15) is 0 Å². The van der Waals surface area contributed by atoms with E-state index in [-0.39, 0.29) is 10.8 Å². The van der Waals surface area contributed by atoms with Crippen molar-refractivity contribution in [3.05, 3.63) is 52.0 Å². The molecule has 0 atom stereocenters. The summed E-state index contributed by atoms with van der Waals surface area (Å²) in [5.41, 5.74) is 1.50. The van der Waals surface area contributed by atoms with Gasteiger partial charge in [-0.1, -0.05) is 18.2 Å². The molecule has 8 heteroatoms. The Bertz CT molecular complexity index is 943. The quantitative estimate of drug-likeness (QED) is 0.738. The summed E-state index contributed by atoms with van der Waals surface area (Å²) in [6.07, 6.45) is 1.50. The lowest BCUT2D eigenvalue weighted by Crippen LogP contribution is -2.13. The summed E-state index contributed by atoms with van der Waals surface area (Å²) in [6.45, 7) is 0. The Morgan fingerprint density at radius 1 is 1.17 bits per heavy atom. The molecule has 1 aromatic carbocycles. The molecule has 0 fully saturated rings. The van der Waals surface area contributed by atoms with Crippen LogP contribution in [0.5, 0.6) is 0 Å². The number of thiophene rings is 1. The Morgan fingerprint density at radius 3 is 2.54 bits per heavy atom. The number of carbonyl (C=O) groups is 1. The Hall–Kier alpha value is -2.03. The average Bonchev–Trinajstić information content (AvgIpc) is 3.18. The summed E-state index contributed by atoms with van der Waals surface area (Å²) in [4.78, 5) is 17.6. The van der Waals surface area contributed by atoms with Gasteiger partial charge in [-0.25, -0.2) is 13.4 Å². The second kappa shape index (κ2) is 6.84. The van der Waals surface area contributed by atoms with Gasteiger partial charge in [0.05, 0.1) is 17.0 Å². The van der Waals surface area contributed by atoms with Crippen molar-refractivity contribution in [3.63, 3.8) is 0 Å². The third-order valence-corrected chi connectivity index (χ3v) is 6.01. The lowest BCUT2D eigenvalue weighted by atomic mass is 10.2. The topological polar surface area (TPSA) is 76.1 Å². The fraction of sp³-hybridized carbons (Fsp3) is 0.125. The summed E-state index contributed by atoms with van der Waals surface area (Å²) < 4.78 is 23.0. The van der Waals surface area contributed by atoms with Gasteiger partial charge in [0.2, 0.25) is 5.91 Å². The Kier molecular flexibility index (Phi) is 4.79. The first-order valence-electron chi connectivity index (χ1n) is 7.00. The van der Waals surface area contributed by atoms with E-state index < -0.39 is 9.84 Å². The largest absolute Gasteiger partial charge is 0.302 e. The number of anilines is 1. The summed E-state index contributed by atoms with van der Waals surface area (Å²) in [5.74, 6) is -0.106. The van der Waals surface area contributed by atoms with E-state index in [0.717, 1.165) is 10.4 Å². The fourth-order valence-electron chi connectivity index (χ4n) is 2.07. The van der Waals surface area contributed by atoms with Gasteiger partial charge in [0.25, 0.3) is 0 Å². The van der Waals surface area contributed by atoms with Crippen molar-refractivity contribution in [2.24, 2.45) is 0 Å². The van der Waals surface area contributed by atoms with Gasteiger partial charge in [-0.15, -0.1) is 22.7 Å². The van der Waals surface area contributed by atoms with Gasteiger partial charge in [-0.3, -0.25) is 4.79 Å². The second-order valence-electron chi connectivity index (χ2n) is 5.14. The Labute approximate surface area is 147 Å². The number of amides is 1. The highest BCUT2D eigenvalue weighted by Gasteiger charge is 2.11. The first-order chi connectivity index (χ1) is 11.4. The van der Waals surface area contributed by atoms with Crippen LogP contribution in [0.4, 0.5) is 5.13 Å². The van der Waals surface area contributed by atoms with Crippen molar-refractivity contribution in [1.29, 1.82) is 0 Å². The molecule has 0 saturated heterocycles. The number of benzene rings is 1. The zero-order chi connectivity index (χ0) is 17.2. The van der Waals surface area contributed by atoms with E-state index in [2.05, 4.69) is 10.3 Å². The van der Waals surface area contributed by atoms with Gasteiger partial charge in [0, 0.05) is 22.1 Å². The van der Waals surface area contributed by atoms with Crippen LogP contribution in [0.25, 0.3) is 11.3 Å². The first-order valence-corrected chi connectivity index (χ1v) is 10.6. The maximum Gasteiger partial charge on any atom is 0.231 e. The number of nitrogens with one attached hydrogen (secondary N) is 1. The van der Waals surface area contributed by atoms with Crippen LogP contribution in [0.2, 0.25) is 0 Å². The number of nitrogens with zero attached hydrogens (tertiary/aromatic N) is 1. The van der Waals surface area contributed by atoms with Crippen molar-refractivity contribution < 1.29 is 13.2 Å². The van der Waals surface area contributed by atoms with E-state index in [4.69, 9.17) is 0 Å². The third-order valence-electron chi connectivity index (χ3n) is 3.24. The lowest BCUT2D eigenvalue weighted by molar-refractivity contribution is -0.115. The maximum atomic E-state index is 12.0. The minimum atomic E-state index is -3.21. The van der Waals surface area contributed by atoms with Crippen LogP contribution >= 0.6 is 22.7 Å². The SMILES string of the molecule is CS(=O)(=O)c1ccc(-c2csc(NC(=O)Cc3cccs3)n2)cc1. The molecule has 0 spiro atoms. The third kappa shape index (κ3) is 4.08. The van der Waals surface area contributed by atoms with Gasteiger partial charge in [0.15, 0.2) is 15.0 Å². The minimum absolute atomic E-state index is 0.106. The summed E-state index contributed by atoms with van der Waals surface area (Å²) in [6, 6.07) is 10.4. The number of rotatable bonds is 5. The van der Waals surface area contributed by atoms with E-state index in [9.17, 15) is 13.2 Å². The molecule has 124 valence electrons. The molecule has 24 heavy (non-hydrogen) atoms. The molecule has 0 aliphatic heterocycles. The predicted octanol–water partition coefficient (Wildman–Crippen LogP) is 3.46. The van der Waals surface area contributed by atoms with Crippen LogP contribution in [0.15, 0.2) is 52.1 Å². The second-order valence-corrected chi connectivity index (χ2v) is 9.04. The summed E-state index contributed by atoms with van der Waals surface area (Å²) >= 11 is 2.88. The van der Waals surface area contributed by atoms with E-state index in [1.165, 1.54) is 17.6 Å². The molecular formula is C16H14N2O3S3. The average molecular weight is 379 g/mol. The normalized spacial score (nSPS) is 11.4. The monoisotopic (exact) mass is 378 g/mol. The van der Waals surface area contributed by atoms with Crippen molar-refractivity contribution in [1.82, 2.24) is 4.98 Å². The number of carbonyl (C=O) groups excluding carboxylic acids is 1. The molecular weight excluding hydrogens is 364 g/mol. The molecule has 0 bridgehead atoms. The minimum Gasteiger partial charge on any atom is -0.302 e. The van der Waals surface area contributed by atoms with Crippen molar-refractivity contribution in [3.8, 4) is 11.3 Å². The number of sulfone groups is 1. The van der Waals surface area contributed by atoms with E-state index >= 15 is 0 Å². The van der Waals surface area contributed by atoms with E-state index in [0.29, 0.717) is 17.2 Å². The maximum absolute atomic E-state index is 12.0. The first kappa shape index (κ1) is 16.8. The molecule has 0 aliphatic rings. The highest BCUT2D eigenvalue weighted by molar-refractivity contribution is 7.90. The summed E-state index contributed by atoms with van der Waals surface area (Å²) in [5, 5.41) is 7.08. The van der Waals surface area contributed by atoms with E-state index in [1.807, 2.05) is 22.9 Å². The number of aromatic nitrogens is 1.